The second kappa shape index (κ2) is 8.86. The topological polar surface area (TPSA) is 82.8 Å². The van der Waals surface area contributed by atoms with Crippen LogP contribution in [0.1, 0.15) is 66.3 Å². The molecule has 4 heterocycles. The van der Waals surface area contributed by atoms with Crippen molar-refractivity contribution in [2.45, 2.75) is 57.9 Å². The molecule has 0 N–H and O–H groups in total. The van der Waals surface area contributed by atoms with Gasteiger partial charge >= 0.3 is 12.7 Å². The Morgan fingerprint density at radius 3 is 2.53 bits per heavy atom. The van der Waals surface area contributed by atoms with E-state index < -0.39 is 30.0 Å². The molecule has 2 aliphatic rings. The van der Waals surface area contributed by atoms with Gasteiger partial charge in [-0.1, -0.05) is 0 Å². The number of rotatable bonds is 4. The standard InChI is InChI=1S/C24H20F5N5O2/c1-11-12(2)31-22-20(30-11)19(15-7-16(8-15)24(27,28)29)32-21(33-22)13-5-6-36-17(9-13)14-3-4-18(35)34(10-14)23(25)26/h3-4,10,13,17,23H,5-7,9H2,1-2H3/t13-,17+/m0/s1. The zero-order valence-electron chi connectivity index (χ0n) is 19.2. The average Bonchev–Trinajstić information content (AvgIpc) is 2.78. The van der Waals surface area contributed by atoms with E-state index in [1.165, 1.54) is 6.07 Å². The van der Waals surface area contributed by atoms with E-state index in [2.05, 4.69) is 25.7 Å². The van der Waals surface area contributed by atoms with Crippen LogP contribution in [0.3, 0.4) is 0 Å². The lowest BCUT2D eigenvalue weighted by molar-refractivity contribution is -0.0934. The Hall–Kier alpha value is -3.50. The fraction of sp³-hybridized carbons (Fsp3) is 0.417. The van der Waals surface area contributed by atoms with E-state index in [1.54, 1.807) is 13.8 Å². The third kappa shape index (κ3) is 4.42. The molecule has 1 aliphatic carbocycles. The van der Waals surface area contributed by atoms with Gasteiger partial charge in [-0.25, -0.2) is 19.9 Å². The highest BCUT2D eigenvalue weighted by Crippen LogP contribution is 2.41. The first-order valence-electron chi connectivity index (χ1n) is 11.2. The van der Waals surface area contributed by atoms with E-state index in [0.29, 0.717) is 45.7 Å². The molecule has 3 aromatic rings. The minimum Gasteiger partial charge on any atom is -0.373 e. The number of hydrogen-bond donors (Lipinski definition) is 0. The van der Waals surface area contributed by atoms with Crippen molar-refractivity contribution in [2.24, 2.45) is 0 Å². The zero-order chi connectivity index (χ0) is 25.8. The Bertz CT molecular complexity index is 1490. The first-order valence-corrected chi connectivity index (χ1v) is 11.2. The number of hydrogen-bond acceptors (Lipinski definition) is 6. The molecule has 12 heteroatoms. The van der Waals surface area contributed by atoms with Crippen LogP contribution >= 0.6 is 0 Å². The molecule has 188 valence electrons. The number of alkyl halides is 5. The van der Waals surface area contributed by atoms with Crippen LogP contribution in [0.2, 0.25) is 0 Å². The van der Waals surface area contributed by atoms with Crippen LogP contribution in [0, 0.1) is 13.8 Å². The molecule has 3 aromatic heterocycles. The van der Waals surface area contributed by atoms with E-state index in [-0.39, 0.29) is 35.9 Å². The van der Waals surface area contributed by atoms with Gasteiger partial charge < -0.3 is 4.74 Å². The molecule has 0 radical (unpaired) electrons. The summed E-state index contributed by atoms with van der Waals surface area (Å²) in [5, 5.41) is 0. The molecule has 0 amide bonds. The molecule has 36 heavy (non-hydrogen) atoms. The number of halogens is 5. The van der Waals surface area contributed by atoms with Crippen molar-refractivity contribution in [3.05, 3.63) is 68.5 Å². The molecular formula is C24H20F5N5O2. The van der Waals surface area contributed by atoms with Gasteiger partial charge in [0.15, 0.2) is 5.65 Å². The van der Waals surface area contributed by atoms with Crippen LogP contribution in [0.15, 0.2) is 34.4 Å². The molecule has 0 aromatic carbocycles. The molecule has 0 spiro atoms. The lowest BCUT2D eigenvalue weighted by atomic mass is 9.90. The van der Waals surface area contributed by atoms with Crippen molar-refractivity contribution in [1.82, 2.24) is 24.5 Å². The third-order valence-electron chi connectivity index (χ3n) is 6.44. The van der Waals surface area contributed by atoms with Crippen LogP contribution in [-0.4, -0.2) is 37.3 Å². The minimum absolute atomic E-state index is 0.257. The minimum atomic E-state index is -4.46. The molecule has 0 saturated carbocycles. The lowest BCUT2D eigenvalue weighted by Crippen LogP contribution is -2.24. The van der Waals surface area contributed by atoms with Crippen LogP contribution in [0.5, 0.6) is 0 Å². The van der Waals surface area contributed by atoms with Gasteiger partial charge in [-0.15, -0.1) is 5.73 Å². The second-order valence-corrected chi connectivity index (χ2v) is 8.82. The summed E-state index contributed by atoms with van der Waals surface area (Å²) in [5.74, 6) is 0.0780. The van der Waals surface area contributed by atoms with Crippen molar-refractivity contribution < 1.29 is 26.7 Å². The maximum Gasteiger partial charge on any atom is 0.420 e. The van der Waals surface area contributed by atoms with Gasteiger partial charge in [-0.05, 0) is 38.3 Å². The van der Waals surface area contributed by atoms with Gasteiger partial charge in [0.05, 0.1) is 23.1 Å². The Balaban J connectivity index is 1.55. The van der Waals surface area contributed by atoms with Crippen LogP contribution in [0.25, 0.3) is 16.7 Å². The van der Waals surface area contributed by atoms with Crippen LogP contribution in [-0.2, 0) is 4.74 Å². The predicted octanol–water partition coefficient (Wildman–Crippen LogP) is 5.10. The van der Waals surface area contributed by atoms with Gasteiger partial charge in [0, 0.05) is 36.8 Å². The summed E-state index contributed by atoms with van der Waals surface area (Å²) < 4.78 is 71.6. The van der Waals surface area contributed by atoms with Crippen LogP contribution in [0.4, 0.5) is 22.0 Å². The van der Waals surface area contributed by atoms with Gasteiger partial charge in [0.1, 0.15) is 17.0 Å². The van der Waals surface area contributed by atoms with Crippen molar-refractivity contribution in [2.75, 3.05) is 6.61 Å². The second-order valence-electron chi connectivity index (χ2n) is 8.82. The first-order chi connectivity index (χ1) is 17.0. The van der Waals surface area contributed by atoms with E-state index in [0.717, 1.165) is 12.3 Å². The molecule has 1 fully saturated rings. The Morgan fingerprint density at radius 1 is 1.11 bits per heavy atom. The molecule has 0 unspecified atom stereocenters. The van der Waals surface area contributed by atoms with Gasteiger partial charge in [-0.3, -0.25) is 9.36 Å². The maximum absolute atomic E-state index is 13.2. The van der Waals surface area contributed by atoms with Gasteiger partial charge in [-0.2, -0.15) is 22.0 Å². The normalized spacial score (nSPS) is 20.3. The average molecular weight is 505 g/mol. The summed E-state index contributed by atoms with van der Waals surface area (Å²) >= 11 is 0. The largest absolute Gasteiger partial charge is 0.420 e. The number of aromatic nitrogens is 5. The molecule has 1 saturated heterocycles. The molecule has 5 rings (SSSR count). The number of pyridine rings is 1. The molecule has 7 nitrogen and oxygen atoms in total. The summed E-state index contributed by atoms with van der Waals surface area (Å²) in [5.41, 5.74) is 3.54. The lowest BCUT2D eigenvalue weighted by Gasteiger charge is -2.29. The highest BCUT2D eigenvalue weighted by Gasteiger charge is 2.39. The highest BCUT2D eigenvalue weighted by molar-refractivity contribution is 5.87. The van der Waals surface area contributed by atoms with E-state index >= 15 is 0 Å². The Kier molecular flexibility index (Phi) is 5.96. The van der Waals surface area contributed by atoms with Crippen LogP contribution < -0.4 is 5.56 Å². The molecule has 2 atom stereocenters. The molecule has 1 aliphatic heterocycles. The smallest absolute Gasteiger partial charge is 0.373 e. The van der Waals surface area contributed by atoms with Gasteiger partial charge in [0.25, 0.3) is 5.56 Å². The number of fused-ring (bicyclic) bond motifs is 1. The SMILES string of the molecule is Cc1nc2nc([C@H]3CCO[C@@H](c4ccc(=O)n(C(F)F)c4)C3)nc(C3=C=C(C(F)(F)F)C3)c2nc1C. The van der Waals surface area contributed by atoms with E-state index in [1.807, 2.05) is 0 Å². The van der Waals surface area contributed by atoms with Crippen molar-refractivity contribution >= 4 is 16.7 Å². The number of nitrogens with zero attached hydrogens (tertiary/aromatic N) is 5. The Labute approximate surface area is 201 Å². The van der Waals surface area contributed by atoms with Crippen molar-refractivity contribution in [3.8, 4) is 0 Å². The van der Waals surface area contributed by atoms with E-state index in [4.69, 9.17) is 4.74 Å². The molecular weight excluding hydrogens is 485 g/mol. The number of aryl methyl sites for hydroxylation is 2. The van der Waals surface area contributed by atoms with Crippen molar-refractivity contribution in [1.29, 1.82) is 0 Å². The maximum atomic E-state index is 13.2. The van der Waals surface area contributed by atoms with Gasteiger partial charge in [0.2, 0.25) is 0 Å². The summed E-state index contributed by atoms with van der Waals surface area (Å²) in [6, 6.07) is 2.51. The van der Waals surface area contributed by atoms with E-state index in [9.17, 15) is 26.7 Å². The summed E-state index contributed by atoms with van der Waals surface area (Å²) in [6.45, 7) is 0.793. The summed E-state index contributed by atoms with van der Waals surface area (Å²) in [7, 11) is 0. The van der Waals surface area contributed by atoms with Crippen molar-refractivity contribution in [3.63, 3.8) is 0 Å². The fourth-order valence-electron chi connectivity index (χ4n) is 4.30. The predicted molar refractivity (Wildman–Crippen MR) is 118 cm³/mol. The summed E-state index contributed by atoms with van der Waals surface area (Å²) in [4.78, 5) is 29.8. The summed E-state index contributed by atoms with van der Waals surface area (Å²) in [6.07, 6.45) is -3.48. The Morgan fingerprint density at radius 2 is 1.83 bits per heavy atom. The third-order valence-corrected chi connectivity index (χ3v) is 6.44. The zero-order valence-corrected chi connectivity index (χ0v) is 19.2. The number of allylic oxidation sites excluding steroid dienone is 1. The highest BCUT2D eigenvalue weighted by atomic mass is 19.4. The monoisotopic (exact) mass is 505 g/mol. The fourth-order valence-corrected chi connectivity index (χ4v) is 4.30. The quantitative estimate of drug-likeness (QED) is 0.362. The molecule has 0 bridgehead atoms. The number of ether oxygens (including phenoxy) is 1. The first kappa shape index (κ1) is 24.2.